The first kappa shape index (κ1) is 40.7. The molecular formula is C54H30B5N7. The van der Waals surface area contributed by atoms with E-state index < -0.39 is 0 Å². The van der Waals surface area contributed by atoms with Gasteiger partial charge in [0.1, 0.15) is 39.2 Å². The lowest BCUT2D eigenvalue weighted by atomic mass is 9.59. The first-order chi connectivity index (χ1) is 32.3. The van der Waals surface area contributed by atoms with Crippen molar-refractivity contribution in [3.8, 4) is 85.1 Å². The van der Waals surface area contributed by atoms with Crippen LogP contribution in [0.5, 0.6) is 0 Å². The highest BCUT2D eigenvalue weighted by Crippen LogP contribution is 2.41. The van der Waals surface area contributed by atoms with Crippen LogP contribution in [0.4, 0.5) is 0 Å². The molecule has 0 spiro atoms. The van der Waals surface area contributed by atoms with Crippen molar-refractivity contribution in [1.82, 2.24) is 34.5 Å². The van der Waals surface area contributed by atoms with Crippen LogP contribution in [-0.4, -0.2) is 73.7 Å². The van der Waals surface area contributed by atoms with E-state index in [1.807, 2.05) is 152 Å². The molecule has 3 heterocycles. The number of hydrogen-bond acceptors (Lipinski definition) is 6. The molecule has 11 rings (SSSR count). The zero-order chi connectivity index (χ0) is 44.9. The van der Waals surface area contributed by atoms with Crippen LogP contribution < -0.4 is 27.3 Å². The molecule has 0 N–H and O–H groups in total. The van der Waals surface area contributed by atoms with Crippen LogP contribution in [0.25, 0.3) is 107 Å². The molecule has 0 atom stereocenters. The number of hydrogen-bond donors (Lipinski definition) is 0. The van der Waals surface area contributed by atoms with Crippen molar-refractivity contribution in [2.75, 3.05) is 0 Å². The second kappa shape index (κ2) is 16.8. The summed E-state index contributed by atoms with van der Waals surface area (Å²) in [6, 6.07) is 59.9. The summed E-state index contributed by atoms with van der Waals surface area (Å²) < 4.78 is 2.20. The van der Waals surface area contributed by atoms with Crippen molar-refractivity contribution < 1.29 is 0 Å². The number of benzene rings is 8. The van der Waals surface area contributed by atoms with Gasteiger partial charge in [0, 0.05) is 44.2 Å². The van der Waals surface area contributed by atoms with Crippen molar-refractivity contribution in [3.63, 3.8) is 0 Å². The first-order valence-corrected chi connectivity index (χ1v) is 21.2. The quantitative estimate of drug-likeness (QED) is 0.157. The SMILES string of the molecule is [B]c1c([B])c([B])c(-c2cccc3c2c2ccccc2n3-c2ccc(-c3nc(-c4ccccc4)nc(-c4ccccc4)n3)cc2-c2nc(-c3ccccc3)nc(-c3ccccc3)n2)c([B])c1[B]. The molecule has 10 radical (unpaired) electrons. The lowest BCUT2D eigenvalue weighted by Crippen LogP contribution is -2.55. The third-order valence-corrected chi connectivity index (χ3v) is 11.8. The molecule has 0 aliphatic heterocycles. The zero-order valence-electron chi connectivity index (χ0n) is 35.3. The molecule has 0 aliphatic carbocycles. The molecule has 296 valence electrons. The van der Waals surface area contributed by atoms with E-state index in [0.717, 1.165) is 60.9 Å². The van der Waals surface area contributed by atoms with E-state index in [1.54, 1.807) is 0 Å². The van der Waals surface area contributed by atoms with Crippen LogP contribution in [0.3, 0.4) is 0 Å². The minimum atomic E-state index is 0.153. The van der Waals surface area contributed by atoms with Crippen LogP contribution >= 0.6 is 0 Å². The van der Waals surface area contributed by atoms with Crippen LogP contribution in [0.2, 0.25) is 0 Å². The maximum Gasteiger partial charge on any atom is 0.166 e. The second-order valence-corrected chi connectivity index (χ2v) is 15.8. The van der Waals surface area contributed by atoms with Gasteiger partial charge in [-0.05, 0) is 41.5 Å². The molecule has 0 amide bonds. The fourth-order valence-electron chi connectivity index (χ4n) is 8.54. The maximum atomic E-state index is 6.74. The molecular weight excluding hydrogens is 801 g/mol. The topological polar surface area (TPSA) is 82.3 Å². The van der Waals surface area contributed by atoms with Crippen LogP contribution in [0.15, 0.2) is 182 Å². The Labute approximate surface area is 388 Å². The summed E-state index contributed by atoms with van der Waals surface area (Å²) in [6.07, 6.45) is 0. The minimum absolute atomic E-state index is 0.153. The third-order valence-electron chi connectivity index (χ3n) is 11.8. The molecule has 3 aromatic heterocycles. The average Bonchev–Trinajstić information content (AvgIpc) is 3.73. The smallest absolute Gasteiger partial charge is 0.166 e. The monoisotopic (exact) mass is 831 g/mol. The molecule has 0 bridgehead atoms. The lowest BCUT2D eigenvalue weighted by molar-refractivity contribution is 1.06. The number of nitrogens with zero attached hydrogens (tertiary/aromatic N) is 7. The zero-order valence-corrected chi connectivity index (χ0v) is 35.3. The van der Waals surface area contributed by atoms with Crippen LogP contribution in [0, 0.1) is 0 Å². The molecule has 7 nitrogen and oxygen atoms in total. The Morgan fingerprint density at radius 3 is 1.18 bits per heavy atom. The molecule has 12 heteroatoms. The van der Waals surface area contributed by atoms with E-state index >= 15 is 0 Å². The van der Waals surface area contributed by atoms with Crippen molar-refractivity contribution in [3.05, 3.63) is 182 Å². The van der Waals surface area contributed by atoms with Gasteiger partial charge in [-0.2, -0.15) is 0 Å². The highest BCUT2D eigenvalue weighted by atomic mass is 15.1. The third kappa shape index (κ3) is 7.11. The predicted octanol–water partition coefficient (Wildman–Crippen LogP) is 6.79. The Morgan fingerprint density at radius 1 is 0.303 bits per heavy atom. The summed E-state index contributed by atoms with van der Waals surface area (Å²) in [7, 11) is 32.7. The van der Waals surface area contributed by atoms with Gasteiger partial charge < -0.3 is 4.57 Å². The summed E-state index contributed by atoms with van der Waals surface area (Å²) in [6.45, 7) is 0. The normalized spacial score (nSPS) is 11.3. The predicted molar refractivity (Wildman–Crippen MR) is 273 cm³/mol. The Hall–Kier alpha value is -8.10. The van der Waals surface area contributed by atoms with Gasteiger partial charge in [-0.25, -0.2) is 29.9 Å². The van der Waals surface area contributed by atoms with E-state index in [-0.39, 0.29) is 27.3 Å². The Kier molecular flexibility index (Phi) is 10.3. The fraction of sp³-hybridized carbons (Fsp3) is 0. The van der Waals surface area contributed by atoms with Gasteiger partial charge in [-0.1, -0.05) is 163 Å². The van der Waals surface area contributed by atoms with Gasteiger partial charge in [-0.15, -0.1) is 16.4 Å². The van der Waals surface area contributed by atoms with Crippen LogP contribution in [0.1, 0.15) is 0 Å². The Balaban J connectivity index is 1.23. The van der Waals surface area contributed by atoms with Gasteiger partial charge in [-0.3, -0.25) is 0 Å². The highest BCUT2D eigenvalue weighted by molar-refractivity contribution is 6.69. The van der Waals surface area contributed by atoms with E-state index in [2.05, 4.69) is 34.9 Å². The molecule has 0 saturated carbocycles. The van der Waals surface area contributed by atoms with E-state index in [0.29, 0.717) is 46.1 Å². The van der Waals surface area contributed by atoms with Crippen molar-refractivity contribution >= 4 is 88.4 Å². The minimum Gasteiger partial charge on any atom is -0.308 e. The van der Waals surface area contributed by atoms with Gasteiger partial charge >= 0.3 is 0 Å². The van der Waals surface area contributed by atoms with Crippen LogP contribution in [-0.2, 0) is 0 Å². The van der Waals surface area contributed by atoms with Gasteiger partial charge in [0.05, 0.1) is 16.7 Å². The Bertz CT molecular complexity index is 3500. The van der Waals surface area contributed by atoms with E-state index in [1.165, 1.54) is 0 Å². The summed E-state index contributed by atoms with van der Waals surface area (Å²) in [5, 5.41) is 1.82. The second-order valence-electron chi connectivity index (χ2n) is 15.8. The summed E-state index contributed by atoms with van der Waals surface area (Å²) >= 11 is 0. The number of rotatable bonds is 8. The number of para-hydroxylation sites is 1. The fourth-order valence-corrected chi connectivity index (χ4v) is 8.54. The number of fused-ring (bicyclic) bond motifs is 3. The maximum absolute atomic E-state index is 6.74. The molecule has 0 aliphatic rings. The summed E-state index contributed by atoms with van der Waals surface area (Å²) in [5.74, 6) is 3.03. The van der Waals surface area contributed by atoms with E-state index in [4.69, 9.17) is 69.1 Å². The van der Waals surface area contributed by atoms with Gasteiger partial charge in [0.15, 0.2) is 34.9 Å². The standard InChI is InChI=1S/C54H30B5N7/c55-44-43(45(56)47(58)48(59)46(44)57)37-25-15-27-41-42(37)36-24-13-14-26-39(36)66(41)40-29-28-35(53-62-49(31-16-5-1-6-17-31)60-50(63-53)32-18-7-2-8-19-32)30-38(40)54-64-51(33-20-9-3-10-21-33)61-52(65-54)34-22-11-4-12-23-34/h1-30H. The van der Waals surface area contributed by atoms with E-state index in [9.17, 15) is 0 Å². The van der Waals surface area contributed by atoms with Crippen molar-refractivity contribution in [2.45, 2.75) is 0 Å². The van der Waals surface area contributed by atoms with Gasteiger partial charge in [0.2, 0.25) is 0 Å². The number of aromatic nitrogens is 7. The first-order valence-electron chi connectivity index (χ1n) is 21.2. The Morgan fingerprint density at radius 2 is 0.697 bits per heavy atom. The average molecular weight is 831 g/mol. The lowest BCUT2D eigenvalue weighted by Gasteiger charge is -2.22. The summed E-state index contributed by atoms with van der Waals surface area (Å²) in [4.78, 5) is 30.7. The molecule has 0 saturated heterocycles. The van der Waals surface area contributed by atoms with Crippen molar-refractivity contribution in [2.24, 2.45) is 0 Å². The molecule has 0 unspecified atom stereocenters. The molecule has 11 aromatic rings. The summed E-state index contributed by atoms with van der Waals surface area (Å²) in [5.41, 5.74) is 9.64. The highest BCUT2D eigenvalue weighted by Gasteiger charge is 2.24. The van der Waals surface area contributed by atoms with Crippen molar-refractivity contribution in [1.29, 1.82) is 0 Å². The molecule has 66 heavy (non-hydrogen) atoms. The molecule has 8 aromatic carbocycles. The largest absolute Gasteiger partial charge is 0.308 e. The van der Waals surface area contributed by atoms with Gasteiger partial charge in [0.25, 0.3) is 0 Å². The molecule has 0 fully saturated rings.